The molecule has 2 aromatic carbocycles. The lowest BCUT2D eigenvalue weighted by Gasteiger charge is -2.34. The van der Waals surface area contributed by atoms with E-state index in [1.165, 1.54) is 0 Å². The van der Waals surface area contributed by atoms with E-state index in [2.05, 4.69) is 27.2 Å². The zero-order valence-corrected chi connectivity index (χ0v) is 28.9. The van der Waals surface area contributed by atoms with E-state index in [-0.39, 0.29) is 12.1 Å². The monoisotopic (exact) mass is 662 g/mol. The number of nitrogens with one attached hydrogen (secondary N) is 2. The van der Waals surface area contributed by atoms with Crippen LogP contribution in [-0.4, -0.2) is 68.4 Å². The highest BCUT2D eigenvalue weighted by atomic mass is 16.6. The number of amides is 1. The van der Waals surface area contributed by atoms with Crippen molar-refractivity contribution in [1.29, 1.82) is 0 Å². The molecule has 2 atom stereocenters. The molecule has 1 aliphatic heterocycles. The molecule has 256 valence electrons. The van der Waals surface area contributed by atoms with Gasteiger partial charge in [0.2, 0.25) is 11.8 Å². The number of carbonyl (C=O) groups excluding carboxylic acids is 1. The number of likely N-dealkylation sites (tertiary alicyclic amines) is 1. The highest BCUT2D eigenvalue weighted by Crippen LogP contribution is 2.38. The number of aromatic nitrogens is 3. The first kappa shape index (κ1) is 35.1. The second kappa shape index (κ2) is 15.8. The fourth-order valence-corrected chi connectivity index (χ4v) is 5.58. The number of aryl methyl sites for hydroxylation is 1. The molecule has 0 bridgehead atoms. The van der Waals surface area contributed by atoms with Gasteiger partial charge >= 0.3 is 6.09 Å². The van der Waals surface area contributed by atoms with Gasteiger partial charge < -0.3 is 30.1 Å². The van der Waals surface area contributed by atoms with E-state index >= 15 is 0 Å². The number of anilines is 2. The van der Waals surface area contributed by atoms with Gasteiger partial charge in [-0.25, -0.2) is 19.7 Å². The van der Waals surface area contributed by atoms with E-state index in [0.717, 1.165) is 34.9 Å². The minimum Gasteiger partial charge on any atom is -0.444 e. The summed E-state index contributed by atoms with van der Waals surface area (Å²) in [6, 6.07) is 15.6. The summed E-state index contributed by atoms with van der Waals surface area (Å²) in [7, 11) is 0. The molecule has 0 aliphatic carbocycles. The molecule has 3 N–H and O–H groups in total. The summed E-state index contributed by atoms with van der Waals surface area (Å²) in [6.07, 6.45) is 11.6. The molecule has 0 spiro atoms. The van der Waals surface area contributed by atoms with Crippen LogP contribution < -0.4 is 15.4 Å². The summed E-state index contributed by atoms with van der Waals surface area (Å²) in [6.45, 7) is 15.0. The fourth-order valence-electron chi connectivity index (χ4n) is 5.58. The summed E-state index contributed by atoms with van der Waals surface area (Å²) in [5, 5.41) is 19.3. The predicted molar refractivity (Wildman–Crippen MR) is 196 cm³/mol. The van der Waals surface area contributed by atoms with Crippen LogP contribution in [-0.2, 0) is 4.74 Å². The van der Waals surface area contributed by atoms with Crippen molar-refractivity contribution in [3.8, 4) is 22.9 Å². The second-order valence-corrected chi connectivity index (χ2v) is 13.1. The Morgan fingerprint density at radius 3 is 2.73 bits per heavy atom. The van der Waals surface area contributed by atoms with Crippen LogP contribution in [0.4, 0.5) is 16.4 Å². The summed E-state index contributed by atoms with van der Waals surface area (Å²) in [5.41, 5.74) is 3.25. The van der Waals surface area contributed by atoms with E-state index in [0.29, 0.717) is 54.0 Å². The van der Waals surface area contributed by atoms with Gasteiger partial charge in [0.05, 0.1) is 17.4 Å². The normalized spacial score (nSPS) is 15.8. The van der Waals surface area contributed by atoms with Crippen LogP contribution >= 0.6 is 0 Å². The van der Waals surface area contributed by atoms with E-state index in [4.69, 9.17) is 14.5 Å². The average molecular weight is 663 g/mol. The van der Waals surface area contributed by atoms with Gasteiger partial charge in [-0.2, -0.15) is 0 Å². The van der Waals surface area contributed by atoms with E-state index in [1.807, 2.05) is 107 Å². The maximum absolute atomic E-state index is 12.7. The third-order valence-electron chi connectivity index (χ3n) is 8.04. The van der Waals surface area contributed by atoms with Crippen molar-refractivity contribution in [2.75, 3.05) is 30.3 Å². The van der Waals surface area contributed by atoms with Crippen molar-refractivity contribution < 1.29 is 19.4 Å². The summed E-state index contributed by atoms with van der Waals surface area (Å²) < 4.78 is 12.2. The van der Waals surface area contributed by atoms with Crippen LogP contribution in [0.15, 0.2) is 97.4 Å². The van der Waals surface area contributed by atoms with Crippen molar-refractivity contribution >= 4 is 28.5 Å². The quantitative estimate of drug-likeness (QED) is 0.137. The molecule has 0 saturated carbocycles. The van der Waals surface area contributed by atoms with Crippen LogP contribution in [0.25, 0.3) is 22.0 Å². The van der Waals surface area contributed by atoms with Crippen molar-refractivity contribution in [1.82, 2.24) is 19.9 Å². The number of allylic oxidation sites excluding steroid dienone is 3. The average Bonchev–Trinajstić information content (AvgIpc) is 3.08. The van der Waals surface area contributed by atoms with E-state index in [9.17, 15) is 9.90 Å². The van der Waals surface area contributed by atoms with E-state index in [1.54, 1.807) is 17.3 Å². The molecule has 3 heterocycles. The van der Waals surface area contributed by atoms with Crippen LogP contribution in [0.5, 0.6) is 11.6 Å². The Kier molecular flexibility index (Phi) is 11.3. The van der Waals surface area contributed by atoms with Crippen molar-refractivity contribution in [2.24, 2.45) is 0 Å². The number of hydrogen-bond donors (Lipinski definition) is 3. The number of aliphatic hydroxyl groups is 1. The van der Waals surface area contributed by atoms with Gasteiger partial charge in [0, 0.05) is 54.5 Å². The van der Waals surface area contributed by atoms with E-state index < -0.39 is 11.7 Å². The number of pyridine rings is 1. The summed E-state index contributed by atoms with van der Waals surface area (Å²) in [4.78, 5) is 28.3. The molecule has 1 saturated heterocycles. The Balaban J connectivity index is 1.34. The second-order valence-electron chi connectivity index (χ2n) is 13.1. The topological polar surface area (TPSA) is 122 Å². The lowest BCUT2D eigenvalue weighted by molar-refractivity contribution is 0.0206. The molecular weight excluding hydrogens is 616 g/mol. The molecule has 10 nitrogen and oxygen atoms in total. The summed E-state index contributed by atoms with van der Waals surface area (Å²) in [5.74, 6) is 1.55. The number of rotatable bonds is 11. The predicted octanol–water partition coefficient (Wildman–Crippen LogP) is 8.07. The van der Waals surface area contributed by atoms with Gasteiger partial charge in [-0.3, -0.25) is 0 Å². The van der Waals surface area contributed by atoms with Crippen molar-refractivity contribution in [3.05, 3.63) is 103 Å². The van der Waals surface area contributed by atoms with Crippen LogP contribution in [0.3, 0.4) is 0 Å². The number of nitrogens with zero attached hydrogens (tertiary/aromatic N) is 4. The van der Waals surface area contributed by atoms with Crippen LogP contribution in [0.1, 0.15) is 46.1 Å². The molecular formula is C39H46N6O4. The molecule has 5 rings (SSSR count). The smallest absolute Gasteiger partial charge is 0.410 e. The Morgan fingerprint density at radius 2 is 1.94 bits per heavy atom. The molecule has 10 heteroatoms. The lowest BCUT2D eigenvalue weighted by atomic mass is 10.0. The first-order chi connectivity index (χ1) is 23.5. The van der Waals surface area contributed by atoms with Crippen molar-refractivity contribution in [2.45, 2.75) is 65.2 Å². The molecule has 4 aromatic rings. The first-order valence-electron chi connectivity index (χ1n) is 16.7. The van der Waals surface area contributed by atoms with Gasteiger partial charge in [0.25, 0.3) is 0 Å². The number of carbonyl (C=O) groups is 1. The van der Waals surface area contributed by atoms with Gasteiger partial charge in [-0.1, -0.05) is 55.1 Å². The molecule has 0 radical (unpaired) electrons. The largest absolute Gasteiger partial charge is 0.444 e. The standard InChI is InChI=1S/C39H46N6O4/c1-7-8-9-13-26(2)34(46)24-42-32-17-10-15-30-29(32)19-18-27(3)35(30)48-36-31(16-11-21-40-36)33-20-22-41-37(44-33)43-28-14-12-23-45(25-28)38(47)49-39(4,5)6/h7-11,13,15-22,28,34,42,46H,2,12,14,23-25H2,1,3-6H3,(H,41,43,44)/b8-7-,13-9-/t28-,34-/m0/s1. The molecule has 1 fully saturated rings. The number of aliphatic hydroxyl groups excluding tert-OH is 1. The highest BCUT2D eigenvalue weighted by Gasteiger charge is 2.28. The number of benzene rings is 2. The summed E-state index contributed by atoms with van der Waals surface area (Å²) >= 11 is 0. The minimum absolute atomic E-state index is 0.0175. The molecule has 49 heavy (non-hydrogen) atoms. The molecule has 2 aromatic heterocycles. The third kappa shape index (κ3) is 9.23. The zero-order valence-electron chi connectivity index (χ0n) is 28.9. The molecule has 0 unspecified atom stereocenters. The van der Waals surface area contributed by atoms with Crippen molar-refractivity contribution in [3.63, 3.8) is 0 Å². The zero-order chi connectivity index (χ0) is 35.0. The molecule has 1 aliphatic rings. The van der Waals surface area contributed by atoms with Crippen LogP contribution in [0.2, 0.25) is 0 Å². The highest BCUT2D eigenvalue weighted by molar-refractivity contribution is 5.98. The Bertz CT molecular complexity index is 1850. The van der Waals surface area contributed by atoms with Gasteiger partial charge in [0.15, 0.2) is 0 Å². The fraction of sp³-hybridized carbons (Fsp3) is 0.333. The molecule has 1 amide bonds. The Morgan fingerprint density at radius 1 is 1.10 bits per heavy atom. The maximum atomic E-state index is 12.7. The SMILES string of the molecule is C=C(/C=C\C=C/C)[C@@H](O)CNc1cccc2c(Oc3ncccc3-c3ccnc(N[C@H]4CCCN(C(=O)OC(C)(C)C)C4)n3)c(C)ccc12. The van der Waals surface area contributed by atoms with Gasteiger partial charge in [0.1, 0.15) is 11.4 Å². The van der Waals surface area contributed by atoms with Crippen LogP contribution in [0, 0.1) is 6.92 Å². The first-order valence-corrected chi connectivity index (χ1v) is 16.7. The lowest BCUT2D eigenvalue weighted by Crippen LogP contribution is -2.47. The third-order valence-corrected chi connectivity index (χ3v) is 8.04. The number of ether oxygens (including phenoxy) is 2. The number of piperidine rings is 1. The van der Waals surface area contributed by atoms with Gasteiger partial charge in [-0.15, -0.1) is 0 Å². The number of fused-ring (bicyclic) bond motifs is 1. The number of hydrogen-bond acceptors (Lipinski definition) is 9. The maximum Gasteiger partial charge on any atom is 0.410 e. The minimum atomic E-state index is -0.747. The Hall–Kier alpha value is -5.22. The Labute approximate surface area is 288 Å². The van der Waals surface area contributed by atoms with Gasteiger partial charge in [-0.05, 0) is 82.9 Å².